The van der Waals surface area contributed by atoms with Gasteiger partial charge < -0.3 is 9.47 Å². The van der Waals surface area contributed by atoms with Gasteiger partial charge in [0.25, 0.3) is 0 Å². The summed E-state index contributed by atoms with van der Waals surface area (Å²) in [6.07, 6.45) is 0. The van der Waals surface area contributed by atoms with Crippen LogP contribution in [0.1, 0.15) is 20.8 Å². The minimum Gasteiger partial charge on any atom is -0.465 e. The van der Waals surface area contributed by atoms with Crippen LogP contribution in [0, 0.1) is 17.5 Å². The lowest BCUT2D eigenvalue weighted by Crippen LogP contribution is -2.15. The molecule has 0 aliphatic carbocycles. The highest BCUT2D eigenvalue weighted by Crippen LogP contribution is 2.33. The molecule has 9 heteroatoms. The third-order valence-corrected chi connectivity index (χ3v) is 3.90. The number of methoxy groups -OCH3 is 2. The first-order valence-corrected chi connectivity index (χ1v) is 7.89. The van der Waals surface area contributed by atoms with Crippen molar-refractivity contribution >= 4 is 11.9 Å². The Kier molecular flexibility index (Phi) is 5.16. The number of hydrogen-bond acceptors (Lipinski definition) is 5. The maximum Gasteiger partial charge on any atom is 0.357 e. The van der Waals surface area contributed by atoms with E-state index in [2.05, 4.69) is 9.84 Å². The van der Waals surface area contributed by atoms with Gasteiger partial charge in [-0.2, -0.15) is 5.10 Å². The van der Waals surface area contributed by atoms with Crippen LogP contribution in [-0.2, 0) is 9.47 Å². The molecule has 0 atom stereocenters. The summed E-state index contributed by atoms with van der Waals surface area (Å²) in [6, 6.07) is 8.97. The highest BCUT2D eigenvalue weighted by molar-refractivity contribution is 6.06. The number of carbonyl (C=O) groups excluding carboxylic acids is 2. The Labute approximate surface area is 157 Å². The fourth-order valence-corrected chi connectivity index (χ4v) is 2.70. The number of aromatic nitrogens is 2. The molecule has 1 heterocycles. The van der Waals surface area contributed by atoms with Crippen LogP contribution in [0.4, 0.5) is 13.2 Å². The third-order valence-electron chi connectivity index (χ3n) is 3.90. The minimum absolute atomic E-state index is 0.322. The van der Waals surface area contributed by atoms with E-state index >= 15 is 0 Å². The van der Waals surface area contributed by atoms with Crippen LogP contribution >= 0.6 is 0 Å². The number of benzene rings is 2. The highest BCUT2D eigenvalue weighted by Gasteiger charge is 2.33. The zero-order valence-corrected chi connectivity index (χ0v) is 14.7. The number of halogens is 3. The molecule has 3 aromatic rings. The first-order chi connectivity index (χ1) is 13.4. The van der Waals surface area contributed by atoms with Crippen LogP contribution < -0.4 is 0 Å². The number of ether oxygens (including phenoxy) is 2. The molecular formula is C19H13F3N2O4. The summed E-state index contributed by atoms with van der Waals surface area (Å²) in [5.41, 5.74) is -1.88. The third kappa shape index (κ3) is 3.22. The Morgan fingerprint density at radius 1 is 0.929 bits per heavy atom. The van der Waals surface area contributed by atoms with E-state index in [4.69, 9.17) is 4.74 Å². The largest absolute Gasteiger partial charge is 0.465 e. The molecule has 1 aromatic heterocycles. The van der Waals surface area contributed by atoms with E-state index in [1.54, 1.807) is 30.3 Å². The summed E-state index contributed by atoms with van der Waals surface area (Å²) in [4.78, 5) is 24.8. The summed E-state index contributed by atoms with van der Waals surface area (Å²) in [5.74, 6) is -5.78. The maximum absolute atomic E-state index is 14.4. The molecule has 28 heavy (non-hydrogen) atoms. The molecular weight excluding hydrogens is 377 g/mol. The molecule has 0 bridgehead atoms. The first-order valence-electron chi connectivity index (χ1n) is 7.89. The quantitative estimate of drug-likeness (QED) is 0.638. The second-order valence-corrected chi connectivity index (χ2v) is 5.55. The van der Waals surface area contributed by atoms with Gasteiger partial charge in [0.2, 0.25) is 0 Å². The van der Waals surface area contributed by atoms with E-state index in [0.717, 1.165) is 18.9 Å². The Hall–Kier alpha value is -3.62. The normalized spacial score (nSPS) is 10.6. The van der Waals surface area contributed by atoms with Gasteiger partial charge in [0, 0.05) is 12.1 Å². The lowest BCUT2D eigenvalue weighted by Gasteiger charge is -2.07. The van der Waals surface area contributed by atoms with E-state index in [9.17, 15) is 22.8 Å². The van der Waals surface area contributed by atoms with Crippen molar-refractivity contribution in [3.8, 4) is 16.9 Å². The number of carbonyl (C=O) groups is 2. The van der Waals surface area contributed by atoms with Crippen molar-refractivity contribution in [3.05, 3.63) is 71.2 Å². The minimum atomic E-state index is -1.29. The Morgan fingerprint density at radius 3 is 2.04 bits per heavy atom. The van der Waals surface area contributed by atoms with Crippen molar-refractivity contribution in [3.63, 3.8) is 0 Å². The maximum atomic E-state index is 14.4. The van der Waals surface area contributed by atoms with Gasteiger partial charge in [0.15, 0.2) is 5.69 Å². The predicted octanol–water partition coefficient (Wildman–Crippen LogP) is 3.53. The van der Waals surface area contributed by atoms with Crippen LogP contribution in [-0.4, -0.2) is 35.9 Å². The SMILES string of the molecule is COC(=O)c1c(-c2c(F)cc(F)cc2F)nn(-c2ccccc2)c1C(=O)OC. The summed E-state index contributed by atoms with van der Waals surface area (Å²) < 4.78 is 52.4. The van der Waals surface area contributed by atoms with Crippen LogP contribution in [0.3, 0.4) is 0 Å². The van der Waals surface area contributed by atoms with Gasteiger partial charge in [0.05, 0.1) is 25.5 Å². The molecule has 3 rings (SSSR count). The molecule has 0 amide bonds. The van der Waals surface area contributed by atoms with E-state index in [1.165, 1.54) is 0 Å². The second kappa shape index (κ2) is 7.55. The van der Waals surface area contributed by atoms with Crippen molar-refractivity contribution in [2.24, 2.45) is 0 Å². The molecule has 0 fully saturated rings. The number of para-hydroxylation sites is 1. The molecule has 2 aromatic carbocycles. The van der Waals surface area contributed by atoms with Crippen LogP contribution in [0.25, 0.3) is 16.9 Å². The molecule has 0 saturated carbocycles. The van der Waals surface area contributed by atoms with Crippen molar-refractivity contribution in [1.82, 2.24) is 9.78 Å². The molecule has 144 valence electrons. The molecule has 0 radical (unpaired) electrons. The summed E-state index contributed by atoms with van der Waals surface area (Å²) in [7, 11) is 2.11. The van der Waals surface area contributed by atoms with Gasteiger partial charge in [-0.3, -0.25) is 0 Å². The first kappa shape index (κ1) is 19.2. The average Bonchev–Trinajstić information content (AvgIpc) is 3.06. The highest BCUT2D eigenvalue weighted by atomic mass is 19.1. The van der Waals surface area contributed by atoms with E-state index < -0.39 is 51.9 Å². The zero-order chi connectivity index (χ0) is 20.4. The van der Waals surface area contributed by atoms with Crippen LogP contribution in [0.5, 0.6) is 0 Å². The Morgan fingerprint density at radius 2 is 1.50 bits per heavy atom. The molecule has 0 spiro atoms. The van der Waals surface area contributed by atoms with E-state index in [0.29, 0.717) is 17.8 Å². The summed E-state index contributed by atoms with van der Waals surface area (Å²) in [5, 5.41) is 4.05. The van der Waals surface area contributed by atoms with Gasteiger partial charge in [-0.15, -0.1) is 0 Å². The average molecular weight is 390 g/mol. The molecule has 0 aliphatic rings. The van der Waals surface area contributed by atoms with Crippen molar-refractivity contribution in [1.29, 1.82) is 0 Å². The fourth-order valence-electron chi connectivity index (χ4n) is 2.70. The molecule has 0 N–H and O–H groups in total. The fraction of sp³-hybridized carbons (Fsp3) is 0.105. The van der Waals surface area contributed by atoms with Crippen molar-refractivity contribution in [2.75, 3.05) is 14.2 Å². The Bertz CT molecular complexity index is 1040. The van der Waals surface area contributed by atoms with Gasteiger partial charge in [-0.05, 0) is 12.1 Å². The number of rotatable bonds is 4. The molecule has 0 unspecified atom stereocenters. The van der Waals surface area contributed by atoms with E-state index in [-0.39, 0.29) is 0 Å². The topological polar surface area (TPSA) is 70.4 Å². The summed E-state index contributed by atoms with van der Waals surface area (Å²) in [6.45, 7) is 0. The van der Waals surface area contributed by atoms with Crippen molar-refractivity contribution < 1.29 is 32.2 Å². The molecule has 0 saturated heterocycles. The lowest BCUT2D eigenvalue weighted by molar-refractivity contribution is 0.0549. The number of esters is 2. The number of hydrogen-bond donors (Lipinski definition) is 0. The Balaban J connectivity index is 2.43. The second-order valence-electron chi connectivity index (χ2n) is 5.55. The van der Waals surface area contributed by atoms with Crippen LogP contribution in [0.15, 0.2) is 42.5 Å². The van der Waals surface area contributed by atoms with Gasteiger partial charge in [-0.25, -0.2) is 27.4 Å². The molecule has 0 aliphatic heterocycles. The van der Waals surface area contributed by atoms with E-state index in [1.807, 2.05) is 0 Å². The summed E-state index contributed by atoms with van der Waals surface area (Å²) >= 11 is 0. The monoisotopic (exact) mass is 390 g/mol. The van der Waals surface area contributed by atoms with Crippen LogP contribution in [0.2, 0.25) is 0 Å². The van der Waals surface area contributed by atoms with Gasteiger partial charge in [-0.1, -0.05) is 18.2 Å². The molecule has 6 nitrogen and oxygen atoms in total. The number of nitrogens with zero attached hydrogens (tertiary/aromatic N) is 2. The zero-order valence-electron chi connectivity index (χ0n) is 14.7. The predicted molar refractivity (Wildman–Crippen MR) is 91.6 cm³/mol. The lowest BCUT2D eigenvalue weighted by atomic mass is 10.0. The van der Waals surface area contributed by atoms with Gasteiger partial charge >= 0.3 is 11.9 Å². The van der Waals surface area contributed by atoms with Crippen molar-refractivity contribution in [2.45, 2.75) is 0 Å². The standard InChI is InChI=1S/C19H13F3N2O4/c1-27-18(25)15-16(14-12(21)8-10(20)9-13(14)22)23-24(17(15)19(26)28-2)11-6-4-3-5-7-11/h3-9H,1-2H3. The van der Waals surface area contributed by atoms with Gasteiger partial charge in [0.1, 0.15) is 28.7 Å². The smallest absolute Gasteiger partial charge is 0.357 e.